The molecule has 1 rings (SSSR count). The number of hydrogen-bond donors (Lipinski definition) is 2. The number of aliphatic imine (C=N–C) groups is 1. The molecule has 0 fully saturated rings. The van der Waals surface area contributed by atoms with Gasteiger partial charge in [-0.15, -0.1) is 0 Å². The zero-order valence-corrected chi connectivity index (χ0v) is 15.6. The van der Waals surface area contributed by atoms with E-state index in [9.17, 15) is 8.42 Å². The summed E-state index contributed by atoms with van der Waals surface area (Å²) in [5.74, 6) is 0.904. The van der Waals surface area contributed by atoms with E-state index in [4.69, 9.17) is 4.74 Å². The van der Waals surface area contributed by atoms with Crippen molar-refractivity contribution >= 4 is 15.8 Å². The van der Waals surface area contributed by atoms with Crippen molar-refractivity contribution in [2.24, 2.45) is 4.99 Å². The summed E-state index contributed by atoms with van der Waals surface area (Å²) in [5.41, 5.74) is 0.824. The van der Waals surface area contributed by atoms with Crippen LogP contribution in [0.15, 0.2) is 35.3 Å². The molecule has 0 aliphatic heterocycles. The molecule has 7 heteroatoms. The van der Waals surface area contributed by atoms with Gasteiger partial charge >= 0.3 is 0 Å². The van der Waals surface area contributed by atoms with Crippen LogP contribution in [-0.2, 0) is 20.3 Å². The molecular formula is C17H29N3O3S. The Kier molecular flexibility index (Phi) is 9.41. The number of guanidine groups is 1. The average Bonchev–Trinajstić information content (AvgIpc) is 2.52. The fourth-order valence-electron chi connectivity index (χ4n) is 2.22. The van der Waals surface area contributed by atoms with Gasteiger partial charge in [0.2, 0.25) is 0 Å². The third-order valence-electron chi connectivity index (χ3n) is 3.26. The zero-order chi connectivity index (χ0) is 17.8. The van der Waals surface area contributed by atoms with Gasteiger partial charge in [0, 0.05) is 26.2 Å². The van der Waals surface area contributed by atoms with E-state index in [1.807, 2.05) is 44.2 Å². The normalized spacial score (nSPS) is 13.5. The van der Waals surface area contributed by atoms with Crippen LogP contribution >= 0.6 is 0 Å². The number of sulfone groups is 1. The van der Waals surface area contributed by atoms with Crippen LogP contribution in [0.5, 0.6) is 0 Å². The Hall–Kier alpha value is -1.60. The predicted octanol–water partition coefficient (Wildman–Crippen LogP) is 1.58. The number of hydrogen-bond acceptors (Lipinski definition) is 4. The maximum absolute atomic E-state index is 12.1. The third-order valence-corrected chi connectivity index (χ3v) is 4.94. The second kappa shape index (κ2) is 11.0. The van der Waals surface area contributed by atoms with Crippen molar-refractivity contribution in [2.75, 3.05) is 32.6 Å². The summed E-state index contributed by atoms with van der Waals surface area (Å²) in [7, 11) is -1.45. The quantitative estimate of drug-likeness (QED) is 0.378. The molecule has 1 unspecified atom stereocenters. The van der Waals surface area contributed by atoms with Crippen LogP contribution in [0.25, 0.3) is 0 Å². The van der Waals surface area contributed by atoms with Gasteiger partial charge in [-0.2, -0.15) is 0 Å². The fourth-order valence-corrected chi connectivity index (χ4v) is 3.63. The van der Waals surface area contributed by atoms with E-state index in [2.05, 4.69) is 15.6 Å². The van der Waals surface area contributed by atoms with Crippen LogP contribution in [0, 0.1) is 0 Å². The monoisotopic (exact) mass is 355 g/mol. The molecule has 0 saturated carbocycles. The third kappa shape index (κ3) is 8.88. The van der Waals surface area contributed by atoms with Gasteiger partial charge in [-0.05, 0) is 25.8 Å². The molecule has 1 aromatic carbocycles. The van der Waals surface area contributed by atoms with Crippen LogP contribution in [-0.4, -0.2) is 53.0 Å². The summed E-state index contributed by atoms with van der Waals surface area (Å²) in [6.07, 6.45) is 0.504. The topological polar surface area (TPSA) is 79.8 Å². The lowest BCUT2D eigenvalue weighted by atomic mass is 10.2. The molecule has 0 aromatic heterocycles. The molecule has 0 aliphatic rings. The maximum Gasteiger partial charge on any atom is 0.191 e. The van der Waals surface area contributed by atoms with Crippen molar-refractivity contribution < 1.29 is 13.2 Å². The number of benzene rings is 1. The van der Waals surface area contributed by atoms with Gasteiger partial charge in [0.15, 0.2) is 15.8 Å². The highest BCUT2D eigenvalue weighted by Gasteiger charge is 2.11. The lowest BCUT2D eigenvalue weighted by Crippen LogP contribution is -2.44. The second-order valence-corrected chi connectivity index (χ2v) is 7.88. The van der Waals surface area contributed by atoms with Gasteiger partial charge in [-0.25, -0.2) is 8.42 Å². The highest BCUT2D eigenvalue weighted by Crippen LogP contribution is 2.07. The van der Waals surface area contributed by atoms with E-state index in [0.29, 0.717) is 25.5 Å². The molecule has 0 aliphatic carbocycles. The first-order valence-electron chi connectivity index (χ1n) is 8.25. The summed E-state index contributed by atoms with van der Waals surface area (Å²) in [6, 6.07) is 9.38. The minimum atomic E-state index is -3.11. The van der Waals surface area contributed by atoms with Crippen molar-refractivity contribution in [3.05, 3.63) is 35.9 Å². The van der Waals surface area contributed by atoms with Crippen LogP contribution in [0.1, 0.15) is 25.8 Å². The van der Waals surface area contributed by atoms with E-state index >= 15 is 0 Å². The lowest BCUT2D eigenvalue weighted by molar-refractivity contribution is 0.179. The molecule has 136 valence electrons. The summed E-state index contributed by atoms with van der Waals surface area (Å²) < 4.78 is 29.4. The number of methoxy groups -OCH3 is 1. The summed E-state index contributed by atoms with van der Waals surface area (Å²) in [4.78, 5) is 4.42. The molecule has 1 aromatic rings. The number of nitrogens with zero attached hydrogens (tertiary/aromatic N) is 1. The molecule has 0 amide bonds. The molecular weight excluding hydrogens is 326 g/mol. The Balaban J connectivity index is 2.45. The Labute approximate surface area is 145 Å². The van der Waals surface area contributed by atoms with Crippen LogP contribution < -0.4 is 10.6 Å². The molecule has 6 nitrogen and oxygen atoms in total. The average molecular weight is 356 g/mol. The molecule has 0 radical (unpaired) electrons. The van der Waals surface area contributed by atoms with Gasteiger partial charge in [0.25, 0.3) is 0 Å². The highest BCUT2D eigenvalue weighted by atomic mass is 32.2. The smallest absolute Gasteiger partial charge is 0.191 e. The van der Waals surface area contributed by atoms with Crippen molar-refractivity contribution in [1.82, 2.24) is 10.6 Å². The first kappa shape index (κ1) is 20.4. The molecule has 0 bridgehead atoms. The van der Waals surface area contributed by atoms with E-state index < -0.39 is 9.84 Å². The second-order valence-electron chi connectivity index (χ2n) is 5.69. The van der Waals surface area contributed by atoms with E-state index in [1.54, 1.807) is 7.11 Å². The first-order chi connectivity index (χ1) is 11.5. The molecule has 24 heavy (non-hydrogen) atoms. The zero-order valence-electron chi connectivity index (χ0n) is 14.8. The van der Waals surface area contributed by atoms with Crippen molar-refractivity contribution in [3.8, 4) is 0 Å². The van der Waals surface area contributed by atoms with Gasteiger partial charge in [-0.3, -0.25) is 4.99 Å². The summed E-state index contributed by atoms with van der Waals surface area (Å²) in [5, 5.41) is 6.36. The summed E-state index contributed by atoms with van der Waals surface area (Å²) in [6.45, 7) is 5.78. The van der Waals surface area contributed by atoms with Crippen LogP contribution in [0.4, 0.5) is 0 Å². The largest absolute Gasteiger partial charge is 0.383 e. The van der Waals surface area contributed by atoms with E-state index in [-0.39, 0.29) is 17.5 Å². The molecule has 0 spiro atoms. The minimum Gasteiger partial charge on any atom is -0.383 e. The van der Waals surface area contributed by atoms with Gasteiger partial charge in [-0.1, -0.05) is 30.3 Å². The SMILES string of the molecule is CCNC(=NCCCS(=O)(=O)Cc1ccccc1)NC(C)COC. The lowest BCUT2D eigenvalue weighted by Gasteiger charge is -2.16. The minimum absolute atomic E-state index is 0.0841. The molecule has 2 N–H and O–H groups in total. The molecule has 1 atom stereocenters. The highest BCUT2D eigenvalue weighted by molar-refractivity contribution is 7.90. The van der Waals surface area contributed by atoms with E-state index in [1.165, 1.54) is 0 Å². The predicted molar refractivity (Wildman–Crippen MR) is 99.0 cm³/mol. The van der Waals surface area contributed by atoms with Gasteiger partial charge in [0.1, 0.15) is 0 Å². The van der Waals surface area contributed by atoms with Gasteiger partial charge < -0.3 is 15.4 Å². The first-order valence-corrected chi connectivity index (χ1v) is 10.1. The number of nitrogens with one attached hydrogen (secondary N) is 2. The van der Waals surface area contributed by atoms with E-state index in [0.717, 1.165) is 12.1 Å². The Morgan fingerprint density at radius 1 is 1.29 bits per heavy atom. The molecule has 0 saturated heterocycles. The standard InChI is InChI=1S/C17H29N3O3S/c1-4-18-17(20-15(2)13-23-3)19-11-8-12-24(21,22)14-16-9-6-5-7-10-16/h5-7,9-10,15H,4,8,11-14H2,1-3H3,(H2,18,19,20). The number of rotatable bonds is 10. The van der Waals surface area contributed by atoms with Crippen LogP contribution in [0.2, 0.25) is 0 Å². The maximum atomic E-state index is 12.1. The Morgan fingerprint density at radius 3 is 2.62 bits per heavy atom. The summed E-state index contributed by atoms with van der Waals surface area (Å²) >= 11 is 0. The Morgan fingerprint density at radius 2 is 2.00 bits per heavy atom. The number of ether oxygens (including phenoxy) is 1. The van der Waals surface area contributed by atoms with Crippen molar-refractivity contribution in [1.29, 1.82) is 0 Å². The fraction of sp³-hybridized carbons (Fsp3) is 0.588. The Bertz CT molecular complexity index is 588. The molecule has 0 heterocycles. The van der Waals surface area contributed by atoms with Crippen LogP contribution in [0.3, 0.4) is 0 Å². The van der Waals surface area contributed by atoms with Gasteiger partial charge in [0.05, 0.1) is 18.1 Å². The van der Waals surface area contributed by atoms with Crippen molar-refractivity contribution in [3.63, 3.8) is 0 Å². The van der Waals surface area contributed by atoms with Crippen molar-refractivity contribution in [2.45, 2.75) is 32.1 Å².